The molecule has 0 saturated carbocycles. The van der Waals surface area contributed by atoms with Crippen molar-refractivity contribution in [2.75, 3.05) is 17.7 Å². The fourth-order valence-corrected chi connectivity index (χ4v) is 3.41. The second kappa shape index (κ2) is 9.62. The van der Waals surface area contributed by atoms with Crippen LogP contribution >= 0.6 is 11.8 Å². The van der Waals surface area contributed by atoms with Gasteiger partial charge in [-0.1, -0.05) is 12.1 Å². The third-order valence-corrected chi connectivity index (χ3v) is 5.44. The van der Waals surface area contributed by atoms with Gasteiger partial charge in [0.2, 0.25) is 11.8 Å². The molecular weight excluding hydrogens is 409 g/mol. The zero-order chi connectivity index (χ0) is 21.7. The lowest BCUT2D eigenvalue weighted by Crippen LogP contribution is -2.49. The predicted octanol–water partition coefficient (Wildman–Crippen LogP) is 2.52. The van der Waals surface area contributed by atoms with Gasteiger partial charge in [0.25, 0.3) is 5.91 Å². The molecule has 9 heteroatoms. The maximum atomic E-state index is 13.6. The van der Waals surface area contributed by atoms with Crippen LogP contribution in [0.5, 0.6) is 5.75 Å². The van der Waals surface area contributed by atoms with E-state index in [2.05, 4.69) is 10.9 Å². The van der Waals surface area contributed by atoms with Gasteiger partial charge in [-0.15, -0.1) is 11.8 Å². The Balaban J connectivity index is 1.51. The normalized spacial score (nSPS) is 16.8. The number of rotatable bonds is 6. The van der Waals surface area contributed by atoms with Crippen molar-refractivity contribution in [3.8, 4) is 5.75 Å². The molecule has 1 aliphatic rings. The quantitative estimate of drug-likeness (QED) is 0.542. The number of hydrogen-bond donors (Lipinski definition) is 2. The fraction of sp³-hybridized carbons (Fsp3) is 0.286. The molecule has 2 aromatic carbocycles. The minimum Gasteiger partial charge on any atom is -0.478 e. The van der Waals surface area contributed by atoms with Gasteiger partial charge in [-0.3, -0.25) is 25.2 Å². The van der Waals surface area contributed by atoms with Crippen LogP contribution in [0.1, 0.15) is 13.3 Å². The number of nitrogens with one attached hydrogen (secondary N) is 2. The lowest BCUT2D eigenvalue weighted by atomic mass is 10.1. The molecule has 3 amide bonds. The van der Waals surface area contributed by atoms with E-state index in [1.165, 1.54) is 25.1 Å². The molecule has 2 aromatic rings. The summed E-state index contributed by atoms with van der Waals surface area (Å²) in [5, 5.41) is 0. The molecule has 1 fully saturated rings. The molecule has 2 N–H and O–H groups in total. The van der Waals surface area contributed by atoms with E-state index in [-0.39, 0.29) is 24.6 Å². The Hall–Kier alpha value is -3.07. The zero-order valence-corrected chi connectivity index (χ0v) is 17.4. The third-order valence-electron chi connectivity index (χ3n) is 4.70. The van der Waals surface area contributed by atoms with Gasteiger partial charge in [-0.25, -0.2) is 4.39 Å². The van der Waals surface area contributed by atoms with E-state index in [4.69, 9.17) is 4.74 Å². The number of halogens is 1. The molecule has 0 aliphatic carbocycles. The highest BCUT2D eigenvalue weighted by molar-refractivity contribution is 7.98. The average Bonchev–Trinajstić information content (AvgIpc) is 3.15. The SMILES string of the molecule is CSc1ccc(N2C[C@H](C(=O)NNC(=O)[C@H](C)Oc3ccccc3F)CC2=O)cc1. The van der Waals surface area contributed by atoms with Crippen molar-refractivity contribution in [2.45, 2.75) is 24.3 Å². The largest absolute Gasteiger partial charge is 0.478 e. The van der Waals surface area contributed by atoms with Gasteiger partial charge in [0.05, 0.1) is 5.92 Å². The highest BCUT2D eigenvalue weighted by atomic mass is 32.2. The summed E-state index contributed by atoms with van der Waals surface area (Å²) >= 11 is 1.60. The lowest BCUT2D eigenvalue weighted by molar-refractivity contribution is -0.134. The molecule has 0 unspecified atom stereocenters. The van der Waals surface area contributed by atoms with Gasteiger partial charge < -0.3 is 9.64 Å². The first-order chi connectivity index (χ1) is 14.4. The van der Waals surface area contributed by atoms with Gasteiger partial charge in [0.15, 0.2) is 17.7 Å². The summed E-state index contributed by atoms with van der Waals surface area (Å²) in [6.07, 6.45) is 0.985. The summed E-state index contributed by atoms with van der Waals surface area (Å²) in [6.45, 7) is 1.66. The van der Waals surface area contributed by atoms with Crippen LogP contribution in [0.3, 0.4) is 0 Å². The number of amides is 3. The molecule has 2 atom stereocenters. The van der Waals surface area contributed by atoms with Gasteiger partial charge in [-0.2, -0.15) is 0 Å². The Morgan fingerprint density at radius 2 is 1.87 bits per heavy atom. The Kier molecular flexibility index (Phi) is 6.94. The number of carbonyl (C=O) groups excluding carboxylic acids is 3. The topological polar surface area (TPSA) is 87.7 Å². The number of hydrazine groups is 1. The number of ether oxygens (including phenoxy) is 1. The van der Waals surface area contributed by atoms with Gasteiger partial charge >= 0.3 is 0 Å². The Bertz CT molecular complexity index is 938. The molecule has 30 heavy (non-hydrogen) atoms. The number of thioether (sulfide) groups is 1. The summed E-state index contributed by atoms with van der Waals surface area (Å²) in [5.41, 5.74) is 5.31. The molecule has 1 heterocycles. The van der Waals surface area contributed by atoms with E-state index in [9.17, 15) is 18.8 Å². The van der Waals surface area contributed by atoms with Crippen molar-refractivity contribution in [2.24, 2.45) is 5.92 Å². The second-order valence-corrected chi connectivity index (χ2v) is 7.65. The van der Waals surface area contributed by atoms with E-state index in [1.807, 2.05) is 30.5 Å². The minimum atomic E-state index is -1.03. The van der Waals surface area contributed by atoms with Gasteiger partial charge in [0.1, 0.15) is 0 Å². The van der Waals surface area contributed by atoms with E-state index >= 15 is 0 Å². The molecule has 0 spiro atoms. The number of nitrogens with zero attached hydrogens (tertiary/aromatic N) is 1. The highest BCUT2D eigenvalue weighted by Gasteiger charge is 2.35. The summed E-state index contributed by atoms with van der Waals surface area (Å²) in [6, 6.07) is 13.2. The number of anilines is 1. The summed E-state index contributed by atoms with van der Waals surface area (Å²) < 4.78 is 18.9. The number of para-hydroxylation sites is 1. The van der Waals surface area contributed by atoms with Crippen LogP contribution in [0.15, 0.2) is 53.4 Å². The molecule has 0 radical (unpaired) electrons. The van der Waals surface area contributed by atoms with Crippen molar-refractivity contribution < 1.29 is 23.5 Å². The molecule has 158 valence electrons. The fourth-order valence-electron chi connectivity index (χ4n) is 3.01. The zero-order valence-electron chi connectivity index (χ0n) is 16.6. The summed E-state index contributed by atoms with van der Waals surface area (Å²) in [4.78, 5) is 39.5. The van der Waals surface area contributed by atoms with Crippen molar-refractivity contribution in [3.63, 3.8) is 0 Å². The summed E-state index contributed by atoms with van der Waals surface area (Å²) in [7, 11) is 0. The minimum absolute atomic E-state index is 0.0489. The van der Waals surface area contributed by atoms with Crippen LogP contribution in [0.25, 0.3) is 0 Å². The molecular formula is C21H22FN3O4S. The molecule has 7 nitrogen and oxygen atoms in total. The van der Waals surface area contributed by atoms with Gasteiger partial charge in [0, 0.05) is 23.5 Å². The Morgan fingerprint density at radius 1 is 1.17 bits per heavy atom. The van der Waals surface area contributed by atoms with Crippen LogP contribution in [0.2, 0.25) is 0 Å². The van der Waals surface area contributed by atoms with Crippen LogP contribution in [-0.4, -0.2) is 36.6 Å². The van der Waals surface area contributed by atoms with Crippen molar-refractivity contribution in [3.05, 3.63) is 54.3 Å². The predicted molar refractivity (Wildman–Crippen MR) is 111 cm³/mol. The number of carbonyl (C=O) groups is 3. The number of hydrogen-bond acceptors (Lipinski definition) is 5. The third kappa shape index (κ3) is 5.10. The average molecular weight is 431 g/mol. The first-order valence-corrected chi connectivity index (χ1v) is 10.6. The van der Waals surface area contributed by atoms with Crippen molar-refractivity contribution in [1.82, 2.24) is 10.9 Å². The van der Waals surface area contributed by atoms with Gasteiger partial charge in [-0.05, 0) is 49.6 Å². The maximum Gasteiger partial charge on any atom is 0.279 e. The molecule has 0 aromatic heterocycles. The highest BCUT2D eigenvalue weighted by Crippen LogP contribution is 2.27. The first kappa shape index (κ1) is 21.6. The van der Waals surface area contributed by atoms with Crippen LogP contribution in [0, 0.1) is 11.7 Å². The summed E-state index contributed by atoms with van der Waals surface area (Å²) in [5.74, 6) is -2.51. The van der Waals surface area contributed by atoms with E-state index < -0.39 is 29.7 Å². The molecule has 0 bridgehead atoms. The van der Waals surface area contributed by atoms with E-state index in [0.29, 0.717) is 0 Å². The Morgan fingerprint density at radius 3 is 2.53 bits per heavy atom. The standard InChI is InChI=1S/C21H22FN3O4S/c1-13(29-18-6-4-3-5-17(18)22)20(27)23-24-21(28)14-11-19(26)25(12-14)15-7-9-16(30-2)10-8-15/h3-10,13-14H,11-12H2,1-2H3,(H,23,27)(H,24,28)/t13-,14+/m0/s1. The van der Waals surface area contributed by atoms with Crippen molar-refractivity contribution in [1.29, 1.82) is 0 Å². The van der Waals surface area contributed by atoms with Crippen molar-refractivity contribution >= 4 is 35.2 Å². The second-order valence-electron chi connectivity index (χ2n) is 6.77. The maximum absolute atomic E-state index is 13.6. The van der Waals surface area contributed by atoms with Crippen LogP contribution in [0.4, 0.5) is 10.1 Å². The number of benzene rings is 2. The monoisotopic (exact) mass is 431 g/mol. The van der Waals surface area contributed by atoms with Crippen LogP contribution in [-0.2, 0) is 14.4 Å². The smallest absolute Gasteiger partial charge is 0.279 e. The first-order valence-electron chi connectivity index (χ1n) is 9.34. The molecule has 1 aliphatic heterocycles. The lowest BCUT2D eigenvalue weighted by Gasteiger charge is -2.18. The van der Waals surface area contributed by atoms with E-state index in [0.717, 1.165) is 10.6 Å². The molecule has 3 rings (SSSR count). The van der Waals surface area contributed by atoms with Crippen LogP contribution < -0.4 is 20.5 Å². The van der Waals surface area contributed by atoms with E-state index in [1.54, 1.807) is 22.7 Å². The molecule has 1 saturated heterocycles. The Labute approximate surface area is 177 Å².